The van der Waals surface area contributed by atoms with Gasteiger partial charge in [0.1, 0.15) is 0 Å². The van der Waals surface area contributed by atoms with Crippen molar-refractivity contribution in [3.8, 4) is 0 Å². The summed E-state index contributed by atoms with van der Waals surface area (Å²) in [5, 5.41) is 3.79. The van der Waals surface area contributed by atoms with Crippen LogP contribution in [0.3, 0.4) is 0 Å². The first-order valence-corrected chi connectivity index (χ1v) is 4.92. The third kappa shape index (κ3) is 2.42. The van der Waals surface area contributed by atoms with E-state index in [9.17, 15) is 0 Å². The van der Waals surface area contributed by atoms with Crippen LogP contribution in [0.5, 0.6) is 0 Å². The molecule has 0 saturated heterocycles. The Balaban J connectivity index is 2.25. The third-order valence-corrected chi connectivity index (χ3v) is 2.23. The first-order valence-electron chi connectivity index (χ1n) is 4.54. The molecule has 2 nitrogen and oxygen atoms in total. The summed E-state index contributed by atoms with van der Waals surface area (Å²) in [6, 6.07) is 16.0. The molecule has 0 saturated carbocycles. The Bertz CT molecular complexity index is 454. The van der Waals surface area contributed by atoms with Crippen LogP contribution in [0, 0.1) is 6.07 Å². The summed E-state index contributed by atoms with van der Waals surface area (Å²) in [5.74, 6) is 0. The molecule has 0 bridgehead atoms. The molecule has 0 fully saturated rings. The van der Waals surface area contributed by atoms with Gasteiger partial charge in [0, 0.05) is 16.8 Å². The molecular formula is C12H10ClN2. The molecule has 0 spiro atoms. The lowest BCUT2D eigenvalue weighted by molar-refractivity contribution is 1.54. The molecule has 0 atom stereocenters. The monoisotopic (exact) mass is 217 g/mol. The number of hydrogen-bond acceptors (Lipinski definition) is 2. The maximum atomic E-state index is 5.81. The number of halogens is 1. The standard InChI is InChI=1S/C12H10ClN2/c13-9-6-7-12(11(14)8-9)15-10-4-2-1-3-5-10/h1-4,6-8,15H,14H2. The van der Waals surface area contributed by atoms with Crippen LogP contribution in [0.1, 0.15) is 0 Å². The van der Waals surface area contributed by atoms with Gasteiger partial charge in [-0.25, -0.2) is 0 Å². The highest BCUT2D eigenvalue weighted by Crippen LogP contribution is 2.25. The van der Waals surface area contributed by atoms with E-state index in [2.05, 4.69) is 11.4 Å². The van der Waals surface area contributed by atoms with Crippen molar-refractivity contribution >= 4 is 28.7 Å². The number of anilines is 3. The van der Waals surface area contributed by atoms with E-state index in [1.54, 1.807) is 12.1 Å². The van der Waals surface area contributed by atoms with Crippen molar-refractivity contribution in [1.82, 2.24) is 0 Å². The van der Waals surface area contributed by atoms with Gasteiger partial charge in [0.25, 0.3) is 0 Å². The fourth-order valence-electron chi connectivity index (χ4n) is 1.26. The Kier molecular flexibility index (Phi) is 2.79. The van der Waals surface area contributed by atoms with Crippen LogP contribution in [0.25, 0.3) is 0 Å². The second-order valence-electron chi connectivity index (χ2n) is 3.13. The van der Waals surface area contributed by atoms with Crippen molar-refractivity contribution in [2.45, 2.75) is 0 Å². The SMILES string of the molecule is Nc1cc(Cl)ccc1Nc1[c]cccc1. The van der Waals surface area contributed by atoms with Crippen molar-refractivity contribution in [2.75, 3.05) is 11.1 Å². The third-order valence-electron chi connectivity index (χ3n) is 1.99. The molecule has 75 valence electrons. The summed E-state index contributed by atoms with van der Waals surface area (Å²) in [5.41, 5.74) is 8.15. The van der Waals surface area contributed by atoms with E-state index in [1.807, 2.05) is 30.3 Å². The summed E-state index contributed by atoms with van der Waals surface area (Å²) >= 11 is 5.80. The van der Waals surface area contributed by atoms with Crippen LogP contribution in [0.2, 0.25) is 5.02 Å². The largest absolute Gasteiger partial charge is 0.397 e. The molecule has 0 aromatic heterocycles. The second kappa shape index (κ2) is 4.24. The molecule has 2 rings (SSSR count). The maximum Gasteiger partial charge on any atom is 0.0619 e. The van der Waals surface area contributed by atoms with E-state index >= 15 is 0 Å². The smallest absolute Gasteiger partial charge is 0.0619 e. The van der Waals surface area contributed by atoms with E-state index in [1.165, 1.54) is 0 Å². The predicted molar refractivity (Wildman–Crippen MR) is 64.4 cm³/mol. The van der Waals surface area contributed by atoms with Crippen LogP contribution in [0.4, 0.5) is 17.1 Å². The van der Waals surface area contributed by atoms with Gasteiger partial charge in [-0.1, -0.05) is 29.8 Å². The first kappa shape index (κ1) is 9.87. The van der Waals surface area contributed by atoms with Crippen molar-refractivity contribution < 1.29 is 0 Å². The van der Waals surface area contributed by atoms with Gasteiger partial charge in [-0.05, 0) is 24.3 Å². The summed E-state index contributed by atoms with van der Waals surface area (Å²) in [6.07, 6.45) is 0. The Morgan fingerprint density at radius 1 is 1.20 bits per heavy atom. The molecule has 1 radical (unpaired) electrons. The number of rotatable bonds is 2. The molecule has 0 aliphatic heterocycles. The Morgan fingerprint density at radius 2 is 2.07 bits per heavy atom. The van der Waals surface area contributed by atoms with E-state index in [0.29, 0.717) is 10.7 Å². The minimum Gasteiger partial charge on any atom is -0.397 e. The second-order valence-corrected chi connectivity index (χ2v) is 3.57. The van der Waals surface area contributed by atoms with Gasteiger partial charge in [0.2, 0.25) is 0 Å². The van der Waals surface area contributed by atoms with Gasteiger partial charge in [-0.15, -0.1) is 0 Å². The van der Waals surface area contributed by atoms with Crippen molar-refractivity contribution in [3.05, 3.63) is 53.6 Å². The molecule has 0 unspecified atom stereocenters. The van der Waals surface area contributed by atoms with Gasteiger partial charge < -0.3 is 11.1 Å². The van der Waals surface area contributed by atoms with Crippen LogP contribution in [-0.2, 0) is 0 Å². The molecule has 15 heavy (non-hydrogen) atoms. The van der Waals surface area contributed by atoms with Crippen LogP contribution >= 0.6 is 11.6 Å². The van der Waals surface area contributed by atoms with Crippen molar-refractivity contribution in [1.29, 1.82) is 0 Å². The van der Waals surface area contributed by atoms with Gasteiger partial charge >= 0.3 is 0 Å². The zero-order chi connectivity index (χ0) is 10.7. The quantitative estimate of drug-likeness (QED) is 0.756. The topological polar surface area (TPSA) is 38.0 Å². The highest BCUT2D eigenvalue weighted by atomic mass is 35.5. The van der Waals surface area contributed by atoms with Crippen LogP contribution in [0.15, 0.2) is 42.5 Å². The van der Waals surface area contributed by atoms with Crippen molar-refractivity contribution in [3.63, 3.8) is 0 Å². The minimum absolute atomic E-state index is 0.625. The van der Waals surface area contributed by atoms with Crippen LogP contribution in [-0.4, -0.2) is 0 Å². The van der Waals surface area contributed by atoms with Crippen LogP contribution < -0.4 is 11.1 Å². The molecule has 0 aliphatic carbocycles. The van der Waals surface area contributed by atoms with E-state index in [4.69, 9.17) is 17.3 Å². The van der Waals surface area contributed by atoms with Gasteiger partial charge in [-0.2, -0.15) is 0 Å². The zero-order valence-electron chi connectivity index (χ0n) is 8.00. The number of para-hydroxylation sites is 1. The normalized spacial score (nSPS) is 9.93. The lowest BCUT2D eigenvalue weighted by atomic mass is 10.2. The van der Waals surface area contributed by atoms with E-state index in [0.717, 1.165) is 11.4 Å². The maximum absolute atomic E-state index is 5.81. The summed E-state index contributed by atoms with van der Waals surface area (Å²) in [4.78, 5) is 0. The summed E-state index contributed by atoms with van der Waals surface area (Å²) in [6.45, 7) is 0. The minimum atomic E-state index is 0.625. The Morgan fingerprint density at radius 3 is 2.73 bits per heavy atom. The number of benzene rings is 2. The van der Waals surface area contributed by atoms with Crippen molar-refractivity contribution in [2.24, 2.45) is 0 Å². The number of nitrogen functional groups attached to an aromatic ring is 1. The van der Waals surface area contributed by atoms with Gasteiger partial charge in [-0.3, -0.25) is 0 Å². The highest BCUT2D eigenvalue weighted by Gasteiger charge is 1.99. The lowest BCUT2D eigenvalue weighted by Crippen LogP contribution is -1.95. The average molecular weight is 218 g/mol. The molecule has 0 aliphatic rings. The molecule has 0 amide bonds. The fourth-order valence-corrected chi connectivity index (χ4v) is 1.44. The summed E-state index contributed by atoms with van der Waals surface area (Å²) < 4.78 is 0. The first-order chi connectivity index (χ1) is 7.25. The molecule has 3 N–H and O–H groups in total. The summed E-state index contributed by atoms with van der Waals surface area (Å²) in [7, 11) is 0. The molecule has 2 aromatic rings. The number of hydrogen-bond donors (Lipinski definition) is 2. The zero-order valence-corrected chi connectivity index (χ0v) is 8.75. The average Bonchev–Trinajstić information content (AvgIpc) is 2.24. The molecule has 0 heterocycles. The predicted octanol–water partition coefficient (Wildman–Crippen LogP) is 3.47. The lowest BCUT2D eigenvalue weighted by Gasteiger charge is -2.08. The molecular weight excluding hydrogens is 208 g/mol. The number of nitrogens with two attached hydrogens (primary N) is 1. The Labute approximate surface area is 93.7 Å². The van der Waals surface area contributed by atoms with Gasteiger partial charge in [0.05, 0.1) is 11.4 Å². The Hall–Kier alpha value is -1.67. The van der Waals surface area contributed by atoms with E-state index in [-0.39, 0.29) is 0 Å². The van der Waals surface area contributed by atoms with Gasteiger partial charge in [0.15, 0.2) is 0 Å². The molecule has 3 heteroatoms. The fraction of sp³-hybridized carbons (Fsp3) is 0. The van der Waals surface area contributed by atoms with E-state index < -0.39 is 0 Å². The molecule has 2 aromatic carbocycles. The number of nitrogens with one attached hydrogen (secondary N) is 1. The highest BCUT2D eigenvalue weighted by molar-refractivity contribution is 6.31.